The van der Waals surface area contributed by atoms with Gasteiger partial charge in [-0.2, -0.15) is 0 Å². The second-order valence-electron chi connectivity index (χ2n) is 6.30. The maximum absolute atomic E-state index is 12.3. The van der Waals surface area contributed by atoms with Crippen molar-refractivity contribution in [3.05, 3.63) is 0 Å². The number of rotatable bonds is 3. The van der Waals surface area contributed by atoms with Gasteiger partial charge in [-0.1, -0.05) is 34.6 Å². The van der Waals surface area contributed by atoms with Crippen molar-refractivity contribution in [2.24, 2.45) is 17.3 Å². The second kappa shape index (κ2) is 4.54. The average molecular weight is 213 g/mol. The summed E-state index contributed by atoms with van der Waals surface area (Å²) < 4.78 is 0. The van der Waals surface area contributed by atoms with Gasteiger partial charge in [0.05, 0.1) is 5.41 Å². The summed E-state index contributed by atoms with van der Waals surface area (Å²) in [5.41, 5.74) is -0.435. The highest BCUT2D eigenvalue weighted by Crippen LogP contribution is 2.35. The number of hydrogen-bond donors (Lipinski definition) is 1. The molecule has 90 valence electrons. The van der Waals surface area contributed by atoms with E-state index in [1.54, 1.807) is 0 Å². The molecule has 15 heavy (non-hydrogen) atoms. The minimum Gasteiger partial charge on any atom is -0.351 e. The summed E-state index contributed by atoms with van der Waals surface area (Å²) in [4.78, 5) is 12.3. The molecule has 2 heteroatoms. The maximum atomic E-state index is 12.3. The van der Waals surface area contributed by atoms with E-state index in [1.165, 1.54) is 0 Å². The average Bonchev–Trinajstić information content (AvgIpc) is 1.98. The molecule has 0 saturated carbocycles. The highest BCUT2D eigenvalue weighted by atomic mass is 16.2. The molecule has 0 spiro atoms. The van der Waals surface area contributed by atoms with Crippen LogP contribution in [0.15, 0.2) is 0 Å². The zero-order valence-corrected chi connectivity index (χ0v) is 11.6. The van der Waals surface area contributed by atoms with Gasteiger partial charge in [-0.05, 0) is 32.6 Å². The topological polar surface area (TPSA) is 29.1 Å². The second-order valence-corrected chi connectivity index (χ2v) is 6.30. The largest absolute Gasteiger partial charge is 0.351 e. The quantitative estimate of drug-likeness (QED) is 0.766. The van der Waals surface area contributed by atoms with Gasteiger partial charge >= 0.3 is 0 Å². The van der Waals surface area contributed by atoms with E-state index in [-0.39, 0.29) is 16.9 Å². The van der Waals surface area contributed by atoms with Gasteiger partial charge in [0, 0.05) is 5.54 Å². The third-order valence-corrected chi connectivity index (χ3v) is 3.38. The minimum atomic E-state index is -0.284. The fraction of sp³-hybridized carbons (Fsp3) is 0.923. The molecule has 0 fully saturated rings. The molecule has 0 unspecified atom stereocenters. The van der Waals surface area contributed by atoms with Crippen LogP contribution >= 0.6 is 0 Å². The van der Waals surface area contributed by atoms with Gasteiger partial charge < -0.3 is 5.32 Å². The Kier molecular flexibility index (Phi) is 4.38. The van der Waals surface area contributed by atoms with E-state index >= 15 is 0 Å². The minimum absolute atomic E-state index is 0.151. The van der Waals surface area contributed by atoms with Crippen LogP contribution in [-0.2, 0) is 4.79 Å². The third kappa shape index (κ3) is 3.51. The van der Waals surface area contributed by atoms with Crippen LogP contribution < -0.4 is 5.32 Å². The van der Waals surface area contributed by atoms with Crippen molar-refractivity contribution in [3.8, 4) is 0 Å². The van der Waals surface area contributed by atoms with Gasteiger partial charge in [0.1, 0.15) is 0 Å². The van der Waals surface area contributed by atoms with Crippen molar-refractivity contribution >= 4 is 5.91 Å². The molecule has 0 aromatic heterocycles. The van der Waals surface area contributed by atoms with E-state index in [0.29, 0.717) is 11.8 Å². The summed E-state index contributed by atoms with van der Waals surface area (Å²) in [6.45, 7) is 16.6. The number of hydrogen-bond acceptors (Lipinski definition) is 1. The van der Waals surface area contributed by atoms with Gasteiger partial charge in [0.25, 0.3) is 0 Å². The predicted molar refractivity (Wildman–Crippen MR) is 65.7 cm³/mol. The lowest BCUT2D eigenvalue weighted by Crippen LogP contribution is -2.52. The van der Waals surface area contributed by atoms with E-state index in [1.807, 2.05) is 20.8 Å². The zero-order chi connectivity index (χ0) is 12.4. The molecular formula is C13H27NO. The van der Waals surface area contributed by atoms with Crippen LogP contribution in [0.2, 0.25) is 0 Å². The van der Waals surface area contributed by atoms with Crippen molar-refractivity contribution in [3.63, 3.8) is 0 Å². The van der Waals surface area contributed by atoms with Gasteiger partial charge in [0.15, 0.2) is 0 Å². The summed E-state index contributed by atoms with van der Waals surface area (Å²) in [7, 11) is 0. The molecule has 0 aliphatic rings. The summed E-state index contributed by atoms with van der Waals surface area (Å²) in [5, 5.41) is 3.08. The predicted octanol–water partition coefficient (Wildman–Crippen LogP) is 3.22. The molecule has 1 amide bonds. The molecule has 0 rings (SSSR count). The molecule has 1 N–H and O–H groups in total. The number of nitrogens with one attached hydrogen (secondary N) is 1. The Morgan fingerprint density at radius 2 is 1.27 bits per heavy atom. The van der Waals surface area contributed by atoms with Gasteiger partial charge in [0.2, 0.25) is 5.91 Å². The van der Waals surface area contributed by atoms with E-state index < -0.39 is 0 Å². The zero-order valence-electron chi connectivity index (χ0n) is 11.6. The number of amides is 1. The van der Waals surface area contributed by atoms with Gasteiger partial charge in [-0.15, -0.1) is 0 Å². The fourth-order valence-electron chi connectivity index (χ4n) is 1.67. The Bertz CT molecular complexity index is 215. The van der Waals surface area contributed by atoms with Crippen molar-refractivity contribution in [1.82, 2.24) is 5.32 Å². The van der Waals surface area contributed by atoms with Crippen molar-refractivity contribution in [1.29, 1.82) is 0 Å². The van der Waals surface area contributed by atoms with Crippen molar-refractivity contribution < 1.29 is 4.79 Å². The maximum Gasteiger partial charge on any atom is 0.226 e. The molecule has 2 nitrogen and oxygen atoms in total. The van der Waals surface area contributed by atoms with Crippen molar-refractivity contribution in [2.45, 2.75) is 60.9 Å². The highest BCUT2D eigenvalue weighted by Gasteiger charge is 2.40. The van der Waals surface area contributed by atoms with Crippen LogP contribution in [0.4, 0.5) is 0 Å². The summed E-state index contributed by atoms with van der Waals surface area (Å²) in [6, 6.07) is 0. The van der Waals surface area contributed by atoms with Gasteiger partial charge in [-0.3, -0.25) is 4.79 Å². The Balaban J connectivity index is 4.89. The lowest BCUT2D eigenvalue weighted by Gasteiger charge is -2.38. The van der Waals surface area contributed by atoms with E-state index in [9.17, 15) is 4.79 Å². The van der Waals surface area contributed by atoms with Gasteiger partial charge in [-0.25, -0.2) is 0 Å². The van der Waals surface area contributed by atoms with Crippen LogP contribution in [0.1, 0.15) is 55.4 Å². The monoisotopic (exact) mass is 213 g/mol. The SMILES string of the molecule is CC(C)C(C)(C(=O)NC(C)(C)C)C(C)C. The van der Waals surface area contributed by atoms with Crippen LogP contribution in [0, 0.1) is 17.3 Å². The normalized spacial score (nSPS) is 13.5. The smallest absolute Gasteiger partial charge is 0.226 e. The van der Waals surface area contributed by atoms with Crippen LogP contribution in [0.5, 0.6) is 0 Å². The van der Waals surface area contributed by atoms with E-state index in [4.69, 9.17) is 0 Å². The third-order valence-electron chi connectivity index (χ3n) is 3.38. The molecule has 0 aliphatic heterocycles. The Hall–Kier alpha value is -0.530. The molecule has 0 aromatic rings. The number of carbonyl (C=O) groups excluding carboxylic acids is 1. The van der Waals surface area contributed by atoms with E-state index in [0.717, 1.165) is 0 Å². The van der Waals surface area contributed by atoms with E-state index in [2.05, 4.69) is 39.9 Å². The first-order valence-corrected chi connectivity index (χ1v) is 5.84. The van der Waals surface area contributed by atoms with Crippen LogP contribution in [0.3, 0.4) is 0 Å². The number of carbonyl (C=O) groups is 1. The lowest BCUT2D eigenvalue weighted by atomic mass is 9.69. The lowest BCUT2D eigenvalue weighted by molar-refractivity contribution is -0.137. The molecular weight excluding hydrogens is 186 g/mol. The summed E-state index contributed by atoms with van der Waals surface area (Å²) >= 11 is 0. The van der Waals surface area contributed by atoms with Crippen LogP contribution in [0.25, 0.3) is 0 Å². The molecule has 0 aliphatic carbocycles. The molecule has 0 bridgehead atoms. The molecule has 0 radical (unpaired) electrons. The summed E-state index contributed by atoms with van der Waals surface area (Å²) in [5.74, 6) is 0.861. The Labute approximate surface area is 94.8 Å². The first-order chi connectivity index (χ1) is 6.51. The standard InChI is InChI=1S/C13H27NO/c1-9(2)13(8,10(3)4)11(15)14-12(5,6)7/h9-10H,1-8H3,(H,14,15). The summed E-state index contributed by atoms with van der Waals surface area (Å²) in [6.07, 6.45) is 0. The Morgan fingerprint density at radius 3 is 1.47 bits per heavy atom. The van der Waals surface area contributed by atoms with Crippen molar-refractivity contribution in [2.75, 3.05) is 0 Å². The molecule has 0 atom stereocenters. The fourth-order valence-corrected chi connectivity index (χ4v) is 1.67. The first-order valence-electron chi connectivity index (χ1n) is 5.84. The van der Waals surface area contributed by atoms with Crippen LogP contribution in [-0.4, -0.2) is 11.4 Å². The molecule has 0 heterocycles. The Morgan fingerprint density at radius 1 is 0.933 bits per heavy atom. The molecule has 0 aromatic carbocycles. The molecule has 0 saturated heterocycles. The highest BCUT2D eigenvalue weighted by molar-refractivity contribution is 5.83. The first kappa shape index (κ1) is 14.5.